The van der Waals surface area contributed by atoms with Crippen molar-refractivity contribution in [1.29, 1.82) is 0 Å². The van der Waals surface area contributed by atoms with Crippen LogP contribution in [0.5, 0.6) is 5.75 Å². The third kappa shape index (κ3) is 3.92. The van der Waals surface area contributed by atoms with Crippen molar-refractivity contribution < 1.29 is 27.8 Å². The molecule has 7 nitrogen and oxygen atoms in total. The van der Waals surface area contributed by atoms with Crippen LogP contribution in [0.3, 0.4) is 0 Å². The van der Waals surface area contributed by atoms with Gasteiger partial charge in [-0.05, 0) is 24.6 Å². The number of benzene rings is 1. The summed E-state index contributed by atoms with van der Waals surface area (Å²) in [7, 11) is -1.17. The Balaban J connectivity index is 3.20. The monoisotopic (exact) mass is 303 g/mol. The van der Waals surface area contributed by atoms with Gasteiger partial charge in [0.25, 0.3) is 0 Å². The number of carboxylic acid groups (broad SMARTS) is 1. The van der Waals surface area contributed by atoms with Crippen LogP contribution in [0.15, 0.2) is 23.1 Å². The van der Waals surface area contributed by atoms with Crippen LogP contribution in [0.1, 0.15) is 12.5 Å². The summed E-state index contributed by atoms with van der Waals surface area (Å²) in [6.07, 6.45) is 0. The fraction of sp³-hybridized carbons (Fsp3) is 0.417. The van der Waals surface area contributed by atoms with Gasteiger partial charge in [-0.1, -0.05) is 6.07 Å². The van der Waals surface area contributed by atoms with E-state index in [1.54, 1.807) is 6.07 Å². The highest BCUT2D eigenvalue weighted by molar-refractivity contribution is 7.89. The molecule has 112 valence electrons. The molecule has 0 saturated carbocycles. The molecule has 0 heterocycles. The second kappa shape index (κ2) is 6.69. The molecule has 0 spiro atoms. The number of aliphatic carboxylic acids is 1. The molecule has 0 fully saturated rings. The van der Waals surface area contributed by atoms with Gasteiger partial charge in [-0.25, -0.2) is 8.42 Å². The number of hydrogen-bond donors (Lipinski definition) is 2. The Morgan fingerprint density at radius 2 is 2.05 bits per heavy atom. The van der Waals surface area contributed by atoms with Crippen LogP contribution in [0.2, 0.25) is 0 Å². The van der Waals surface area contributed by atoms with E-state index in [0.717, 1.165) is 0 Å². The highest BCUT2D eigenvalue weighted by Crippen LogP contribution is 2.25. The van der Waals surface area contributed by atoms with E-state index >= 15 is 0 Å². The van der Waals surface area contributed by atoms with Crippen LogP contribution < -0.4 is 9.46 Å². The third-order valence-electron chi connectivity index (χ3n) is 2.53. The van der Waals surface area contributed by atoms with Crippen LogP contribution in [0, 0.1) is 0 Å². The first kappa shape index (κ1) is 16.4. The summed E-state index contributed by atoms with van der Waals surface area (Å²) >= 11 is 0. The summed E-state index contributed by atoms with van der Waals surface area (Å²) < 4.78 is 36.4. The second-order valence-electron chi connectivity index (χ2n) is 4.10. The molecule has 8 heteroatoms. The minimum absolute atomic E-state index is 0.123. The van der Waals surface area contributed by atoms with E-state index in [1.807, 2.05) is 0 Å². The van der Waals surface area contributed by atoms with Crippen molar-refractivity contribution in [2.45, 2.75) is 24.5 Å². The molecule has 0 radical (unpaired) electrons. The predicted octanol–water partition coefficient (Wildman–Crippen LogP) is 0.593. The number of carbonyl (C=O) groups is 1. The Labute approximate surface area is 117 Å². The zero-order valence-electron chi connectivity index (χ0n) is 11.4. The molecule has 1 rings (SSSR count). The normalized spacial score (nSPS) is 12.9. The lowest BCUT2D eigenvalue weighted by molar-refractivity contribution is -0.138. The van der Waals surface area contributed by atoms with Gasteiger partial charge >= 0.3 is 5.97 Å². The van der Waals surface area contributed by atoms with E-state index in [9.17, 15) is 13.2 Å². The lowest BCUT2D eigenvalue weighted by Gasteiger charge is -2.14. The van der Waals surface area contributed by atoms with Crippen molar-refractivity contribution in [1.82, 2.24) is 4.72 Å². The molecule has 0 saturated heterocycles. The van der Waals surface area contributed by atoms with Crippen molar-refractivity contribution in [2.24, 2.45) is 0 Å². The Morgan fingerprint density at radius 3 is 2.55 bits per heavy atom. The molecular formula is C12H17NO6S. The van der Waals surface area contributed by atoms with Crippen LogP contribution in [0.25, 0.3) is 0 Å². The fourth-order valence-corrected chi connectivity index (χ4v) is 2.95. The van der Waals surface area contributed by atoms with E-state index in [0.29, 0.717) is 5.56 Å². The quantitative estimate of drug-likeness (QED) is 0.764. The first-order valence-electron chi connectivity index (χ1n) is 5.72. The molecule has 0 aliphatic heterocycles. The lowest BCUT2D eigenvalue weighted by Crippen LogP contribution is -2.38. The summed E-state index contributed by atoms with van der Waals surface area (Å²) in [6.45, 7) is 1.48. The van der Waals surface area contributed by atoms with E-state index in [4.69, 9.17) is 14.6 Å². The zero-order valence-corrected chi connectivity index (χ0v) is 12.2. The minimum Gasteiger partial charge on any atom is -0.495 e. The second-order valence-corrected chi connectivity index (χ2v) is 5.78. The van der Waals surface area contributed by atoms with E-state index in [2.05, 4.69) is 4.72 Å². The Hall–Kier alpha value is -1.64. The van der Waals surface area contributed by atoms with E-state index < -0.39 is 22.0 Å². The van der Waals surface area contributed by atoms with E-state index in [-0.39, 0.29) is 17.3 Å². The van der Waals surface area contributed by atoms with Crippen molar-refractivity contribution in [3.05, 3.63) is 23.8 Å². The van der Waals surface area contributed by atoms with Gasteiger partial charge in [0.05, 0.1) is 13.7 Å². The molecule has 1 aromatic rings. The molecule has 0 bridgehead atoms. The Kier molecular flexibility index (Phi) is 5.49. The maximum absolute atomic E-state index is 12.2. The average Bonchev–Trinajstić information content (AvgIpc) is 2.38. The van der Waals surface area contributed by atoms with Crippen molar-refractivity contribution in [3.8, 4) is 5.75 Å². The molecule has 0 amide bonds. The van der Waals surface area contributed by atoms with Gasteiger partial charge in [-0.3, -0.25) is 4.79 Å². The topological polar surface area (TPSA) is 102 Å². The van der Waals surface area contributed by atoms with Gasteiger partial charge in [0.2, 0.25) is 10.0 Å². The highest BCUT2D eigenvalue weighted by atomic mass is 32.2. The number of nitrogens with one attached hydrogen (secondary N) is 1. The highest BCUT2D eigenvalue weighted by Gasteiger charge is 2.25. The van der Waals surface area contributed by atoms with Crippen LogP contribution >= 0.6 is 0 Å². The Morgan fingerprint density at radius 1 is 1.40 bits per heavy atom. The van der Waals surface area contributed by atoms with Gasteiger partial charge in [0.15, 0.2) is 0 Å². The molecule has 20 heavy (non-hydrogen) atoms. The number of methoxy groups -OCH3 is 2. The maximum Gasteiger partial charge on any atom is 0.321 e. The van der Waals surface area contributed by atoms with Crippen molar-refractivity contribution in [3.63, 3.8) is 0 Å². The number of rotatable bonds is 7. The largest absolute Gasteiger partial charge is 0.495 e. The first-order valence-corrected chi connectivity index (χ1v) is 7.21. The van der Waals surface area contributed by atoms with E-state index in [1.165, 1.54) is 33.3 Å². The zero-order chi connectivity index (χ0) is 15.3. The first-order chi connectivity index (χ1) is 9.31. The molecular weight excluding hydrogens is 286 g/mol. The summed E-state index contributed by atoms with van der Waals surface area (Å²) in [4.78, 5) is 10.6. The molecule has 0 aliphatic carbocycles. The van der Waals surface area contributed by atoms with Gasteiger partial charge in [0.1, 0.15) is 16.7 Å². The number of hydrogen-bond acceptors (Lipinski definition) is 5. The van der Waals surface area contributed by atoms with Crippen molar-refractivity contribution in [2.75, 3.05) is 14.2 Å². The number of sulfonamides is 1. The lowest BCUT2D eigenvalue weighted by atomic mass is 10.2. The Bertz CT molecular complexity index is 584. The van der Waals surface area contributed by atoms with Gasteiger partial charge < -0.3 is 14.6 Å². The van der Waals surface area contributed by atoms with Gasteiger partial charge in [-0.15, -0.1) is 0 Å². The van der Waals surface area contributed by atoms with Gasteiger partial charge in [-0.2, -0.15) is 4.72 Å². The molecule has 1 aromatic carbocycles. The molecule has 0 aliphatic rings. The SMILES string of the molecule is COCc1ccc(OC)c(S(=O)(=O)NC(C)C(=O)O)c1. The van der Waals surface area contributed by atoms with Crippen molar-refractivity contribution >= 4 is 16.0 Å². The molecule has 1 atom stereocenters. The minimum atomic E-state index is -4.00. The smallest absolute Gasteiger partial charge is 0.321 e. The summed E-state index contributed by atoms with van der Waals surface area (Å²) in [6, 6.07) is 3.31. The predicted molar refractivity (Wildman–Crippen MR) is 71.1 cm³/mol. The molecule has 2 N–H and O–H groups in total. The molecule has 0 aromatic heterocycles. The summed E-state index contributed by atoms with van der Waals surface area (Å²) in [5, 5.41) is 8.78. The molecule has 1 unspecified atom stereocenters. The average molecular weight is 303 g/mol. The fourth-order valence-electron chi connectivity index (χ4n) is 1.53. The summed E-state index contributed by atoms with van der Waals surface area (Å²) in [5.41, 5.74) is 0.636. The summed E-state index contributed by atoms with van der Waals surface area (Å²) in [5.74, 6) is -1.13. The van der Waals surface area contributed by atoms with Crippen LogP contribution in [0.4, 0.5) is 0 Å². The number of ether oxygens (including phenoxy) is 2. The third-order valence-corrected chi connectivity index (χ3v) is 4.09. The standard InChI is InChI=1S/C12H17NO6S/c1-8(12(14)15)13-20(16,17)11-6-9(7-18-2)4-5-10(11)19-3/h4-6,8,13H,7H2,1-3H3,(H,14,15). The van der Waals surface area contributed by atoms with Crippen LogP contribution in [-0.2, 0) is 26.2 Å². The maximum atomic E-state index is 12.2. The van der Waals surface area contributed by atoms with Crippen LogP contribution in [-0.4, -0.2) is 39.8 Å². The number of carboxylic acids is 1. The van der Waals surface area contributed by atoms with Gasteiger partial charge in [0, 0.05) is 7.11 Å².